The summed E-state index contributed by atoms with van der Waals surface area (Å²) in [6.07, 6.45) is 2.27. The molecule has 1 aromatic rings. The molecule has 0 fully saturated rings. The summed E-state index contributed by atoms with van der Waals surface area (Å²) in [4.78, 5) is 41.1. The van der Waals surface area contributed by atoms with Gasteiger partial charge in [-0.25, -0.2) is 4.79 Å². The molecule has 0 saturated carbocycles. The highest BCUT2D eigenvalue weighted by Crippen LogP contribution is 2.54. The van der Waals surface area contributed by atoms with Gasteiger partial charge >= 0.3 is 5.97 Å². The van der Waals surface area contributed by atoms with Gasteiger partial charge in [-0.2, -0.15) is 0 Å². The van der Waals surface area contributed by atoms with E-state index in [1.54, 1.807) is 19.1 Å². The second-order valence-corrected chi connectivity index (χ2v) is 11.1. The fourth-order valence-electron chi connectivity index (χ4n) is 5.67. The third-order valence-electron chi connectivity index (χ3n) is 7.05. The van der Waals surface area contributed by atoms with Crippen LogP contribution in [-0.2, 0) is 9.59 Å². The molecule has 33 heavy (non-hydrogen) atoms. The van der Waals surface area contributed by atoms with Crippen LogP contribution in [0.3, 0.4) is 0 Å². The quantitative estimate of drug-likeness (QED) is 0.686. The molecule has 0 atom stereocenters. The molecule has 1 N–H and O–H groups in total. The van der Waals surface area contributed by atoms with Crippen LogP contribution in [0.15, 0.2) is 40.7 Å². The monoisotopic (exact) mass is 451 g/mol. The molecule has 6 nitrogen and oxygen atoms in total. The second kappa shape index (κ2) is 7.86. The Morgan fingerprint density at radius 3 is 1.97 bits per heavy atom. The van der Waals surface area contributed by atoms with E-state index in [9.17, 15) is 19.5 Å². The number of carboxylic acids is 1. The Kier molecular flexibility index (Phi) is 5.54. The fraction of sp³-hybridized carbons (Fsp3) is 0.519. The molecule has 3 aliphatic rings. The summed E-state index contributed by atoms with van der Waals surface area (Å²) < 4.78 is 5.52. The predicted molar refractivity (Wildman–Crippen MR) is 125 cm³/mol. The molecule has 0 amide bonds. The topological polar surface area (TPSA) is 83.9 Å². The van der Waals surface area contributed by atoms with Gasteiger partial charge in [0.2, 0.25) is 0 Å². The molecule has 1 aromatic carbocycles. The summed E-state index contributed by atoms with van der Waals surface area (Å²) in [6, 6.07) is 5.04. The number of carboxylic acid groups (broad SMARTS) is 1. The van der Waals surface area contributed by atoms with Crippen LogP contribution < -0.4 is 4.74 Å². The summed E-state index contributed by atoms with van der Waals surface area (Å²) in [5, 5.41) is 9.82. The van der Waals surface area contributed by atoms with E-state index >= 15 is 0 Å². The number of ketones is 2. The van der Waals surface area contributed by atoms with E-state index in [2.05, 4.69) is 32.6 Å². The number of nitrogens with zero attached hydrogens (tertiary/aromatic N) is 1. The molecular formula is C27H33NO5. The first kappa shape index (κ1) is 23.3. The van der Waals surface area contributed by atoms with Gasteiger partial charge in [0.05, 0.1) is 6.61 Å². The summed E-state index contributed by atoms with van der Waals surface area (Å²) in [5.74, 6) is -1.28. The number of ether oxygens (including phenoxy) is 1. The number of Topliss-reactive ketones (excluding diaryl/α,β-unsaturated/α-hetero) is 2. The lowest BCUT2D eigenvalue weighted by Crippen LogP contribution is -2.43. The predicted octanol–water partition coefficient (Wildman–Crippen LogP) is 5.10. The van der Waals surface area contributed by atoms with E-state index in [0.29, 0.717) is 36.2 Å². The Hall–Kier alpha value is -2.89. The molecular weight excluding hydrogens is 418 g/mol. The average Bonchev–Trinajstić information content (AvgIpc) is 2.68. The van der Waals surface area contributed by atoms with Crippen molar-refractivity contribution in [1.82, 2.24) is 4.90 Å². The number of hydrogen-bond donors (Lipinski definition) is 1. The van der Waals surface area contributed by atoms with E-state index < -0.39 is 11.9 Å². The molecule has 176 valence electrons. The van der Waals surface area contributed by atoms with Gasteiger partial charge in [0.1, 0.15) is 11.3 Å². The van der Waals surface area contributed by atoms with Gasteiger partial charge in [0, 0.05) is 48.3 Å². The minimum atomic E-state index is -1.09. The maximum atomic E-state index is 13.5. The van der Waals surface area contributed by atoms with Crippen LogP contribution in [0, 0.1) is 10.8 Å². The van der Waals surface area contributed by atoms with E-state index in [4.69, 9.17) is 4.74 Å². The molecule has 0 saturated heterocycles. The van der Waals surface area contributed by atoms with Crippen LogP contribution in [0.1, 0.15) is 82.1 Å². The molecule has 1 aliphatic heterocycles. The molecule has 2 aliphatic carbocycles. The lowest BCUT2D eigenvalue weighted by atomic mass is 9.63. The first-order chi connectivity index (χ1) is 15.3. The fourth-order valence-corrected chi connectivity index (χ4v) is 5.67. The number of carbonyl (C=O) groups excluding carboxylic acids is 2. The van der Waals surface area contributed by atoms with Crippen molar-refractivity contribution >= 4 is 17.5 Å². The molecule has 1 heterocycles. The van der Waals surface area contributed by atoms with Gasteiger partial charge in [0.25, 0.3) is 0 Å². The number of rotatable bonds is 4. The van der Waals surface area contributed by atoms with Crippen LogP contribution >= 0.6 is 0 Å². The van der Waals surface area contributed by atoms with Crippen molar-refractivity contribution in [3.8, 4) is 5.75 Å². The van der Waals surface area contributed by atoms with Crippen LogP contribution in [-0.4, -0.2) is 41.2 Å². The molecule has 0 radical (unpaired) electrons. The van der Waals surface area contributed by atoms with Gasteiger partial charge in [-0.15, -0.1) is 0 Å². The van der Waals surface area contributed by atoms with Gasteiger partial charge < -0.3 is 14.7 Å². The summed E-state index contributed by atoms with van der Waals surface area (Å²) in [5.41, 5.74) is 3.55. The van der Waals surface area contributed by atoms with Crippen molar-refractivity contribution in [2.75, 3.05) is 13.7 Å². The molecule has 6 heteroatoms. The Balaban J connectivity index is 1.97. The minimum Gasteiger partial charge on any atom is -0.493 e. The van der Waals surface area contributed by atoms with Crippen molar-refractivity contribution in [3.63, 3.8) is 0 Å². The van der Waals surface area contributed by atoms with Crippen LogP contribution in [0.5, 0.6) is 5.75 Å². The highest BCUT2D eigenvalue weighted by Gasteiger charge is 2.48. The zero-order valence-electron chi connectivity index (χ0n) is 20.4. The molecule has 4 rings (SSSR count). The Morgan fingerprint density at radius 2 is 1.52 bits per heavy atom. The number of allylic oxidation sites excluding steroid dienone is 4. The van der Waals surface area contributed by atoms with Gasteiger partial charge in [-0.1, -0.05) is 33.8 Å². The molecule has 0 spiro atoms. The summed E-state index contributed by atoms with van der Waals surface area (Å²) in [6.45, 7) is 10.5. The van der Waals surface area contributed by atoms with Gasteiger partial charge in [-0.3, -0.25) is 9.59 Å². The first-order valence-electron chi connectivity index (χ1n) is 11.6. The number of benzene rings is 1. The lowest BCUT2D eigenvalue weighted by Gasteiger charge is -2.47. The zero-order chi connectivity index (χ0) is 24.3. The smallest absolute Gasteiger partial charge is 0.339 e. The first-order valence-corrected chi connectivity index (χ1v) is 11.6. The normalized spacial score (nSPS) is 22.3. The Morgan fingerprint density at radius 1 is 1.00 bits per heavy atom. The SMILES string of the molecule is CCOc1ccc(C2C3=C(CC(C)(C)CC3=O)N(C)C3=C2C(=O)CC(C)(C)C3)cc1C(=O)O. The van der Waals surface area contributed by atoms with Crippen molar-refractivity contribution < 1.29 is 24.2 Å². The standard InChI is InChI=1S/C27H33NO5/c1-7-33-21-9-8-15(10-16(21)25(31)32)22-23-17(11-26(2,3)13-19(23)29)28(6)18-12-27(4,5)14-20(30)24(18)22/h8-10,22H,7,11-14H2,1-6H3,(H,31,32). The zero-order valence-corrected chi connectivity index (χ0v) is 20.4. The highest BCUT2D eigenvalue weighted by molar-refractivity contribution is 6.07. The molecule has 0 bridgehead atoms. The maximum Gasteiger partial charge on any atom is 0.339 e. The van der Waals surface area contributed by atoms with Gasteiger partial charge in [0.15, 0.2) is 11.6 Å². The van der Waals surface area contributed by atoms with E-state index in [-0.39, 0.29) is 33.7 Å². The largest absolute Gasteiger partial charge is 0.493 e. The van der Waals surface area contributed by atoms with Crippen LogP contribution in [0.2, 0.25) is 0 Å². The average molecular weight is 452 g/mol. The second-order valence-electron chi connectivity index (χ2n) is 11.1. The summed E-state index contributed by atoms with van der Waals surface area (Å²) in [7, 11) is 1.96. The molecule has 0 aromatic heterocycles. The van der Waals surface area contributed by atoms with Crippen molar-refractivity contribution in [2.45, 2.75) is 66.2 Å². The Bertz CT molecular complexity index is 1070. The highest BCUT2D eigenvalue weighted by atomic mass is 16.5. The number of carbonyl (C=O) groups is 3. The van der Waals surface area contributed by atoms with E-state index in [1.807, 2.05) is 13.1 Å². The van der Waals surface area contributed by atoms with Gasteiger partial charge in [-0.05, 0) is 48.3 Å². The third-order valence-corrected chi connectivity index (χ3v) is 7.05. The van der Waals surface area contributed by atoms with Crippen LogP contribution in [0.25, 0.3) is 0 Å². The Labute approximate surface area is 195 Å². The van der Waals surface area contributed by atoms with Crippen molar-refractivity contribution in [2.24, 2.45) is 10.8 Å². The lowest BCUT2D eigenvalue weighted by molar-refractivity contribution is -0.119. The van der Waals surface area contributed by atoms with Crippen molar-refractivity contribution in [3.05, 3.63) is 51.9 Å². The van der Waals surface area contributed by atoms with Crippen LogP contribution in [0.4, 0.5) is 0 Å². The van der Waals surface area contributed by atoms with E-state index in [0.717, 1.165) is 24.2 Å². The third kappa shape index (κ3) is 4.00. The van der Waals surface area contributed by atoms with Crippen molar-refractivity contribution in [1.29, 1.82) is 0 Å². The summed E-state index contributed by atoms with van der Waals surface area (Å²) >= 11 is 0. The number of hydrogen-bond acceptors (Lipinski definition) is 5. The van der Waals surface area contributed by atoms with E-state index in [1.165, 1.54) is 0 Å². The maximum absolute atomic E-state index is 13.5. The number of aromatic carboxylic acids is 1. The molecule has 0 unspecified atom stereocenters. The minimum absolute atomic E-state index is 0.0352.